The Hall–Kier alpha value is -1.22. The number of rotatable bonds is 0. The summed E-state index contributed by atoms with van der Waals surface area (Å²) < 4.78 is 5.58. The lowest BCUT2D eigenvalue weighted by Crippen LogP contribution is -2.20. The van der Waals surface area contributed by atoms with E-state index in [4.69, 9.17) is 10.5 Å². The molecule has 3 heteroatoms. The van der Waals surface area contributed by atoms with E-state index in [1.807, 2.05) is 18.2 Å². The third kappa shape index (κ3) is 1.75. The van der Waals surface area contributed by atoms with E-state index in [0.29, 0.717) is 0 Å². The van der Waals surface area contributed by atoms with Crippen molar-refractivity contribution in [3.63, 3.8) is 0 Å². The average molecular weight is 178 g/mol. The molecule has 1 heterocycles. The second-order valence-electron chi connectivity index (χ2n) is 3.45. The Bertz CT molecular complexity index is 312. The van der Waals surface area contributed by atoms with Crippen molar-refractivity contribution >= 4 is 5.69 Å². The lowest BCUT2D eigenvalue weighted by molar-refractivity contribution is 0.259. The normalized spacial score (nSPS) is 17.3. The van der Waals surface area contributed by atoms with Crippen LogP contribution in [0.1, 0.15) is 5.56 Å². The van der Waals surface area contributed by atoms with Crippen molar-refractivity contribution < 1.29 is 4.74 Å². The van der Waals surface area contributed by atoms with E-state index in [9.17, 15) is 0 Å². The number of benzene rings is 1. The van der Waals surface area contributed by atoms with Crippen molar-refractivity contribution in [2.75, 3.05) is 25.9 Å². The number of likely N-dealkylation sites (N-methyl/N-ethyl adjacent to an activating group) is 1. The Labute approximate surface area is 78.1 Å². The smallest absolute Gasteiger partial charge is 0.125 e. The second-order valence-corrected chi connectivity index (χ2v) is 3.45. The van der Waals surface area contributed by atoms with Gasteiger partial charge in [-0.15, -0.1) is 0 Å². The first kappa shape index (κ1) is 8.38. The highest BCUT2D eigenvalue weighted by atomic mass is 16.5. The standard InChI is InChI=1S/C10H14N2O/c1-12-4-5-13-10-6-9(11)3-2-8(10)7-12/h2-3,6H,4-5,7,11H2,1H3. The largest absolute Gasteiger partial charge is 0.492 e. The van der Waals surface area contributed by atoms with Gasteiger partial charge in [0.05, 0.1) is 0 Å². The quantitative estimate of drug-likeness (QED) is 0.604. The molecule has 0 aliphatic carbocycles. The minimum atomic E-state index is 0.743. The molecule has 1 aromatic rings. The zero-order valence-electron chi connectivity index (χ0n) is 7.79. The van der Waals surface area contributed by atoms with Crippen LogP contribution < -0.4 is 10.5 Å². The van der Waals surface area contributed by atoms with Crippen LogP contribution >= 0.6 is 0 Å². The van der Waals surface area contributed by atoms with E-state index in [1.165, 1.54) is 5.56 Å². The maximum absolute atomic E-state index is 5.67. The Kier molecular flexibility index (Phi) is 2.10. The predicted octanol–water partition coefficient (Wildman–Crippen LogP) is 1.09. The second kappa shape index (κ2) is 3.26. The van der Waals surface area contributed by atoms with Crippen LogP contribution in [0.3, 0.4) is 0 Å². The summed E-state index contributed by atoms with van der Waals surface area (Å²) in [6.45, 7) is 2.65. The summed E-state index contributed by atoms with van der Waals surface area (Å²) in [4.78, 5) is 2.24. The van der Waals surface area contributed by atoms with Gasteiger partial charge in [0.25, 0.3) is 0 Å². The molecule has 0 amide bonds. The lowest BCUT2D eigenvalue weighted by atomic mass is 10.2. The highest BCUT2D eigenvalue weighted by Gasteiger charge is 2.11. The number of nitrogens with two attached hydrogens (primary N) is 1. The molecule has 0 saturated heterocycles. The van der Waals surface area contributed by atoms with Gasteiger partial charge in [0.2, 0.25) is 0 Å². The van der Waals surface area contributed by atoms with E-state index in [0.717, 1.165) is 31.1 Å². The molecular weight excluding hydrogens is 164 g/mol. The van der Waals surface area contributed by atoms with Crippen molar-refractivity contribution in [2.45, 2.75) is 6.54 Å². The lowest BCUT2D eigenvalue weighted by Gasteiger charge is -2.11. The number of hydrogen-bond donors (Lipinski definition) is 1. The van der Waals surface area contributed by atoms with Gasteiger partial charge in [0, 0.05) is 30.4 Å². The van der Waals surface area contributed by atoms with Gasteiger partial charge < -0.3 is 10.5 Å². The van der Waals surface area contributed by atoms with Crippen molar-refractivity contribution in [2.24, 2.45) is 0 Å². The van der Waals surface area contributed by atoms with Crippen molar-refractivity contribution in [3.05, 3.63) is 23.8 Å². The molecule has 1 aliphatic heterocycles. The first-order valence-corrected chi connectivity index (χ1v) is 4.45. The van der Waals surface area contributed by atoms with Crippen molar-refractivity contribution in [1.29, 1.82) is 0 Å². The Morgan fingerprint density at radius 1 is 1.46 bits per heavy atom. The SMILES string of the molecule is CN1CCOc2cc(N)ccc2C1. The van der Waals surface area contributed by atoms with Crippen LogP contribution in [-0.4, -0.2) is 25.1 Å². The Morgan fingerprint density at radius 3 is 3.15 bits per heavy atom. The summed E-state index contributed by atoms with van der Waals surface area (Å²) in [5.41, 5.74) is 7.66. The molecule has 2 rings (SSSR count). The molecular formula is C10H14N2O. The molecule has 0 spiro atoms. The topological polar surface area (TPSA) is 38.5 Å². The summed E-state index contributed by atoms with van der Waals surface area (Å²) in [6, 6.07) is 5.85. The monoisotopic (exact) mass is 178 g/mol. The van der Waals surface area contributed by atoms with Crippen molar-refractivity contribution in [3.8, 4) is 5.75 Å². The first-order chi connectivity index (χ1) is 6.25. The van der Waals surface area contributed by atoms with Crippen LogP contribution in [-0.2, 0) is 6.54 Å². The minimum absolute atomic E-state index is 0.743. The van der Waals surface area contributed by atoms with Gasteiger partial charge in [-0.1, -0.05) is 6.07 Å². The van der Waals surface area contributed by atoms with Crippen LogP contribution in [0.5, 0.6) is 5.75 Å². The molecule has 0 aromatic heterocycles. The number of nitrogens with zero attached hydrogens (tertiary/aromatic N) is 1. The van der Waals surface area contributed by atoms with E-state index < -0.39 is 0 Å². The van der Waals surface area contributed by atoms with Gasteiger partial charge in [0.1, 0.15) is 12.4 Å². The van der Waals surface area contributed by atoms with Crippen LogP contribution in [0.15, 0.2) is 18.2 Å². The first-order valence-electron chi connectivity index (χ1n) is 4.45. The van der Waals surface area contributed by atoms with Gasteiger partial charge in [0.15, 0.2) is 0 Å². The van der Waals surface area contributed by atoms with Crippen LogP contribution in [0.25, 0.3) is 0 Å². The molecule has 1 aliphatic rings. The van der Waals surface area contributed by atoms with E-state index in [-0.39, 0.29) is 0 Å². The van der Waals surface area contributed by atoms with E-state index in [1.54, 1.807) is 0 Å². The highest BCUT2D eigenvalue weighted by molar-refractivity contribution is 5.48. The third-order valence-corrected chi connectivity index (χ3v) is 2.26. The fourth-order valence-electron chi connectivity index (χ4n) is 1.52. The van der Waals surface area contributed by atoms with E-state index in [2.05, 4.69) is 11.9 Å². The molecule has 0 atom stereocenters. The Morgan fingerprint density at radius 2 is 2.31 bits per heavy atom. The fourth-order valence-corrected chi connectivity index (χ4v) is 1.52. The Balaban J connectivity index is 2.34. The zero-order chi connectivity index (χ0) is 9.26. The minimum Gasteiger partial charge on any atom is -0.492 e. The number of nitrogen functional groups attached to an aromatic ring is 1. The summed E-state index contributed by atoms with van der Waals surface area (Å²) in [5.74, 6) is 0.935. The van der Waals surface area contributed by atoms with Crippen molar-refractivity contribution in [1.82, 2.24) is 4.90 Å². The van der Waals surface area contributed by atoms with Gasteiger partial charge in [-0.25, -0.2) is 0 Å². The van der Waals surface area contributed by atoms with Gasteiger partial charge in [-0.05, 0) is 13.1 Å². The maximum Gasteiger partial charge on any atom is 0.125 e. The molecule has 0 saturated carbocycles. The molecule has 0 unspecified atom stereocenters. The average Bonchev–Trinajstić information content (AvgIpc) is 2.25. The van der Waals surface area contributed by atoms with Gasteiger partial charge in [-0.2, -0.15) is 0 Å². The molecule has 0 bridgehead atoms. The van der Waals surface area contributed by atoms with Crippen LogP contribution in [0, 0.1) is 0 Å². The third-order valence-electron chi connectivity index (χ3n) is 2.26. The molecule has 70 valence electrons. The van der Waals surface area contributed by atoms with Gasteiger partial charge in [-0.3, -0.25) is 4.90 Å². The molecule has 2 N–H and O–H groups in total. The molecule has 3 nitrogen and oxygen atoms in total. The number of ether oxygens (including phenoxy) is 1. The number of hydrogen-bond acceptors (Lipinski definition) is 3. The zero-order valence-corrected chi connectivity index (χ0v) is 7.79. The number of fused-ring (bicyclic) bond motifs is 1. The van der Waals surface area contributed by atoms with Crippen LogP contribution in [0.2, 0.25) is 0 Å². The summed E-state index contributed by atoms with van der Waals surface area (Å²) in [6.07, 6.45) is 0. The molecule has 0 radical (unpaired) electrons. The molecule has 0 fully saturated rings. The highest BCUT2D eigenvalue weighted by Crippen LogP contribution is 2.24. The van der Waals surface area contributed by atoms with Gasteiger partial charge >= 0.3 is 0 Å². The molecule has 13 heavy (non-hydrogen) atoms. The molecule has 1 aromatic carbocycles. The summed E-state index contributed by atoms with van der Waals surface area (Å²) in [5, 5.41) is 0. The summed E-state index contributed by atoms with van der Waals surface area (Å²) in [7, 11) is 2.09. The van der Waals surface area contributed by atoms with E-state index >= 15 is 0 Å². The number of anilines is 1. The summed E-state index contributed by atoms with van der Waals surface area (Å²) >= 11 is 0. The maximum atomic E-state index is 5.67. The van der Waals surface area contributed by atoms with Crippen LogP contribution in [0.4, 0.5) is 5.69 Å². The fraction of sp³-hybridized carbons (Fsp3) is 0.400. The predicted molar refractivity (Wildman–Crippen MR) is 52.7 cm³/mol.